The lowest BCUT2D eigenvalue weighted by Crippen LogP contribution is -2.16. The van der Waals surface area contributed by atoms with E-state index in [1.807, 2.05) is 6.07 Å². The maximum atomic E-state index is 12.9. The molecule has 0 spiro atoms. The van der Waals surface area contributed by atoms with Crippen LogP contribution in [0.25, 0.3) is 5.69 Å². The van der Waals surface area contributed by atoms with E-state index in [1.54, 1.807) is 25.1 Å². The molecule has 6 nitrogen and oxygen atoms in total. The average Bonchev–Trinajstić information content (AvgIpc) is 3.13. The fraction of sp³-hybridized carbons (Fsp3) is 0.448. The Morgan fingerprint density at radius 2 is 1.53 bits per heavy atom. The van der Waals surface area contributed by atoms with E-state index in [0.29, 0.717) is 39.9 Å². The van der Waals surface area contributed by atoms with Crippen molar-refractivity contribution in [3.8, 4) is 11.4 Å². The quantitative estimate of drug-likeness (QED) is 0.107. The van der Waals surface area contributed by atoms with Crippen LogP contribution >= 0.6 is 34.8 Å². The van der Waals surface area contributed by atoms with Crippen molar-refractivity contribution in [3.63, 3.8) is 0 Å². The highest BCUT2D eigenvalue weighted by Crippen LogP contribution is 2.32. The highest BCUT2D eigenvalue weighted by atomic mass is 35.5. The standard InChI is InChI=1S/C29H36Cl3N3O3/c1-3-4-5-6-7-8-9-10-11-12-16-26(36)38-23-15-13-14-22(19-23)33-28-20(2)29(37)35(34-28)27-24(31)17-21(30)18-25(27)32/h13-15,17-19,33-34H,3-12,16H2,1-2H3. The number of aromatic nitrogens is 2. The van der Waals surface area contributed by atoms with Crippen molar-refractivity contribution in [2.45, 2.75) is 84.5 Å². The van der Waals surface area contributed by atoms with Crippen molar-refractivity contribution < 1.29 is 9.53 Å². The normalized spacial score (nSPS) is 11.1. The van der Waals surface area contributed by atoms with Gasteiger partial charge in [0.25, 0.3) is 5.56 Å². The van der Waals surface area contributed by atoms with Gasteiger partial charge in [0.15, 0.2) is 0 Å². The summed E-state index contributed by atoms with van der Waals surface area (Å²) in [5.74, 6) is 0.658. The van der Waals surface area contributed by atoms with E-state index >= 15 is 0 Å². The second kappa shape index (κ2) is 15.2. The van der Waals surface area contributed by atoms with Crippen molar-refractivity contribution in [1.29, 1.82) is 0 Å². The number of rotatable bonds is 15. The first kappa shape index (κ1) is 30.1. The Morgan fingerprint density at radius 1 is 0.921 bits per heavy atom. The van der Waals surface area contributed by atoms with Crippen LogP contribution in [-0.2, 0) is 4.79 Å². The fourth-order valence-corrected chi connectivity index (χ4v) is 5.26. The van der Waals surface area contributed by atoms with Crippen molar-refractivity contribution in [2.75, 3.05) is 5.32 Å². The van der Waals surface area contributed by atoms with Gasteiger partial charge in [-0.05, 0) is 37.6 Å². The van der Waals surface area contributed by atoms with Crippen molar-refractivity contribution in [2.24, 2.45) is 0 Å². The largest absolute Gasteiger partial charge is 0.426 e. The molecule has 0 bridgehead atoms. The number of H-pyrrole nitrogens is 1. The van der Waals surface area contributed by atoms with E-state index in [1.165, 1.54) is 61.8 Å². The molecule has 38 heavy (non-hydrogen) atoms. The summed E-state index contributed by atoms with van der Waals surface area (Å²) >= 11 is 18.6. The predicted octanol–water partition coefficient (Wildman–Crippen LogP) is 9.39. The molecule has 0 aliphatic carbocycles. The second-order valence-corrected chi connectivity index (χ2v) is 10.8. The minimum absolute atomic E-state index is 0.244. The third-order valence-electron chi connectivity index (χ3n) is 6.40. The Hall–Kier alpha value is -2.41. The zero-order valence-electron chi connectivity index (χ0n) is 22.0. The maximum absolute atomic E-state index is 12.9. The molecule has 2 aromatic carbocycles. The van der Waals surface area contributed by atoms with E-state index < -0.39 is 0 Å². The number of ether oxygens (including phenoxy) is 1. The van der Waals surface area contributed by atoms with Crippen LogP contribution in [0, 0.1) is 6.92 Å². The zero-order valence-corrected chi connectivity index (χ0v) is 24.3. The van der Waals surface area contributed by atoms with Gasteiger partial charge >= 0.3 is 5.97 Å². The van der Waals surface area contributed by atoms with Crippen LogP contribution in [0.5, 0.6) is 5.75 Å². The summed E-state index contributed by atoms with van der Waals surface area (Å²) in [6, 6.07) is 10.1. The number of unbranched alkanes of at least 4 members (excludes halogenated alkanes) is 9. The number of benzene rings is 2. The summed E-state index contributed by atoms with van der Waals surface area (Å²) in [5.41, 5.74) is 1.10. The van der Waals surface area contributed by atoms with Gasteiger partial charge in [0.2, 0.25) is 0 Å². The third kappa shape index (κ3) is 8.82. The lowest BCUT2D eigenvalue weighted by atomic mass is 10.1. The molecule has 0 aliphatic heterocycles. The number of anilines is 2. The zero-order chi connectivity index (χ0) is 27.5. The van der Waals surface area contributed by atoms with Gasteiger partial charge in [-0.25, -0.2) is 4.68 Å². The first-order valence-electron chi connectivity index (χ1n) is 13.3. The van der Waals surface area contributed by atoms with Crippen molar-refractivity contribution in [1.82, 2.24) is 9.78 Å². The molecule has 1 heterocycles. The summed E-state index contributed by atoms with van der Waals surface area (Å²) in [5, 5.41) is 7.05. The smallest absolute Gasteiger partial charge is 0.311 e. The molecule has 0 saturated heterocycles. The Bertz CT molecular complexity index is 1250. The molecule has 9 heteroatoms. The average molecular weight is 581 g/mol. The number of hydrogen-bond donors (Lipinski definition) is 2. The summed E-state index contributed by atoms with van der Waals surface area (Å²) in [6.45, 7) is 3.92. The minimum atomic E-state index is -0.308. The molecule has 206 valence electrons. The van der Waals surface area contributed by atoms with Crippen LogP contribution in [0.1, 0.15) is 83.1 Å². The minimum Gasteiger partial charge on any atom is -0.426 e. The lowest BCUT2D eigenvalue weighted by Gasteiger charge is -2.10. The molecule has 0 amide bonds. The van der Waals surface area contributed by atoms with Crippen LogP contribution in [0.3, 0.4) is 0 Å². The first-order chi connectivity index (χ1) is 18.3. The van der Waals surface area contributed by atoms with Crippen LogP contribution in [0.15, 0.2) is 41.2 Å². The van der Waals surface area contributed by atoms with Gasteiger partial charge in [-0.1, -0.05) is 106 Å². The van der Waals surface area contributed by atoms with Crippen LogP contribution < -0.4 is 15.6 Å². The third-order valence-corrected chi connectivity index (χ3v) is 7.19. The SMILES string of the molecule is CCCCCCCCCCCCC(=O)Oc1cccc(Nc2[nH]n(-c3c(Cl)cc(Cl)cc3Cl)c(=O)c2C)c1. The maximum Gasteiger partial charge on any atom is 0.311 e. The number of hydrogen-bond acceptors (Lipinski definition) is 4. The van der Waals surface area contributed by atoms with Crippen LogP contribution in [0.4, 0.5) is 11.5 Å². The van der Waals surface area contributed by atoms with Gasteiger partial charge in [0, 0.05) is 23.2 Å². The molecule has 0 saturated carbocycles. The number of aromatic amines is 1. The van der Waals surface area contributed by atoms with E-state index in [-0.39, 0.29) is 21.6 Å². The number of esters is 1. The van der Waals surface area contributed by atoms with Crippen molar-refractivity contribution in [3.05, 3.63) is 67.4 Å². The fourth-order valence-electron chi connectivity index (χ4n) is 4.27. The van der Waals surface area contributed by atoms with Gasteiger partial charge in [-0.3, -0.25) is 14.7 Å². The molecular weight excluding hydrogens is 545 g/mol. The molecule has 0 unspecified atom stereocenters. The van der Waals surface area contributed by atoms with Crippen LogP contribution in [-0.4, -0.2) is 15.7 Å². The molecule has 0 radical (unpaired) electrons. The molecular formula is C29H36Cl3N3O3. The second-order valence-electron chi connectivity index (χ2n) is 9.53. The first-order valence-corrected chi connectivity index (χ1v) is 14.5. The van der Waals surface area contributed by atoms with Crippen molar-refractivity contribution >= 4 is 52.3 Å². The number of nitrogens with one attached hydrogen (secondary N) is 2. The summed E-state index contributed by atoms with van der Waals surface area (Å²) in [4.78, 5) is 25.2. The molecule has 3 rings (SSSR count). The summed E-state index contributed by atoms with van der Waals surface area (Å²) in [7, 11) is 0. The molecule has 1 aromatic heterocycles. The number of halogens is 3. The molecule has 2 N–H and O–H groups in total. The van der Waals surface area contributed by atoms with E-state index in [9.17, 15) is 9.59 Å². The summed E-state index contributed by atoms with van der Waals surface area (Å²) in [6.07, 6.45) is 12.5. The number of carbonyl (C=O) groups is 1. The molecule has 0 atom stereocenters. The van der Waals surface area contributed by atoms with Gasteiger partial charge in [0.1, 0.15) is 17.3 Å². The van der Waals surface area contributed by atoms with Gasteiger partial charge in [-0.15, -0.1) is 0 Å². The number of carbonyl (C=O) groups excluding carboxylic acids is 1. The van der Waals surface area contributed by atoms with Gasteiger partial charge < -0.3 is 10.1 Å². The number of nitrogens with zero attached hydrogens (tertiary/aromatic N) is 1. The highest BCUT2D eigenvalue weighted by molar-refractivity contribution is 6.40. The Kier molecular flexibility index (Phi) is 12.1. The Morgan fingerprint density at radius 3 is 2.16 bits per heavy atom. The Labute approximate surface area is 239 Å². The van der Waals surface area contributed by atoms with Gasteiger partial charge in [-0.2, -0.15) is 0 Å². The molecule has 3 aromatic rings. The monoisotopic (exact) mass is 579 g/mol. The topological polar surface area (TPSA) is 76.1 Å². The predicted molar refractivity (Wildman–Crippen MR) is 158 cm³/mol. The van der Waals surface area contributed by atoms with Crippen LogP contribution in [0.2, 0.25) is 15.1 Å². The van der Waals surface area contributed by atoms with E-state index in [2.05, 4.69) is 17.3 Å². The molecule has 0 aliphatic rings. The molecule has 0 fully saturated rings. The lowest BCUT2D eigenvalue weighted by molar-refractivity contribution is -0.134. The van der Waals surface area contributed by atoms with E-state index in [4.69, 9.17) is 39.5 Å². The highest BCUT2D eigenvalue weighted by Gasteiger charge is 2.17. The van der Waals surface area contributed by atoms with Gasteiger partial charge in [0.05, 0.1) is 15.6 Å². The van der Waals surface area contributed by atoms with E-state index in [0.717, 1.165) is 19.3 Å². The summed E-state index contributed by atoms with van der Waals surface area (Å²) < 4.78 is 6.82. The Balaban J connectivity index is 1.51.